The van der Waals surface area contributed by atoms with Gasteiger partial charge in [0, 0.05) is 5.56 Å². The van der Waals surface area contributed by atoms with Crippen LogP contribution in [0.4, 0.5) is 10.2 Å². The molecule has 88 valence electrons. The van der Waals surface area contributed by atoms with E-state index in [1.165, 1.54) is 18.6 Å². The second-order valence-corrected chi connectivity index (χ2v) is 4.01. The molecule has 1 heterocycles. The topological polar surface area (TPSA) is 37.8 Å². The van der Waals surface area contributed by atoms with Gasteiger partial charge < -0.3 is 5.32 Å². The summed E-state index contributed by atoms with van der Waals surface area (Å²) in [6, 6.07) is 6.38. The van der Waals surface area contributed by atoms with Crippen LogP contribution in [0, 0.1) is 5.82 Å². The number of nitrogens with one attached hydrogen (secondary N) is 1. The van der Waals surface area contributed by atoms with Gasteiger partial charge in [-0.3, -0.25) is 0 Å². The van der Waals surface area contributed by atoms with Crippen molar-refractivity contribution in [1.82, 2.24) is 9.97 Å². The second kappa shape index (κ2) is 5.10. The average molecular weight is 252 g/mol. The van der Waals surface area contributed by atoms with E-state index in [9.17, 15) is 4.39 Å². The van der Waals surface area contributed by atoms with Gasteiger partial charge in [0.25, 0.3) is 0 Å². The maximum Gasteiger partial charge on any atom is 0.148 e. The Hall–Kier alpha value is -1.68. The molecule has 0 radical (unpaired) electrons. The summed E-state index contributed by atoms with van der Waals surface area (Å²) >= 11 is 5.91. The molecule has 0 saturated heterocycles. The van der Waals surface area contributed by atoms with Gasteiger partial charge in [0.1, 0.15) is 23.0 Å². The fourth-order valence-electron chi connectivity index (χ4n) is 1.53. The Labute approximate surface area is 104 Å². The lowest BCUT2D eigenvalue weighted by Gasteiger charge is -2.15. The summed E-state index contributed by atoms with van der Waals surface area (Å²) in [7, 11) is 0. The maximum absolute atomic E-state index is 13.5. The quantitative estimate of drug-likeness (QED) is 0.908. The lowest BCUT2D eigenvalue weighted by atomic mass is 10.1. The van der Waals surface area contributed by atoms with Gasteiger partial charge in [0.15, 0.2) is 0 Å². The highest BCUT2D eigenvalue weighted by atomic mass is 35.5. The number of nitrogens with zero attached hydrogens (tertiary/aromatic N) is 2. The molecule has 0 fully saturated rings. The fraction of sp³-hybridized carbons (Fsp3) is 0.167. The number of anilines is 1. The second-order valence-electron chi connectivity index (χ2n) is 3.61. The Kier molecular flexibility index (Phi) is 3.54. The molecule has 1 unspecified atom stereocenters. The van der Waals surface area contributed by atoms with E-state index in [2.05, 4.69) is 15.3 Å². The lowest BCUT2D eigenvalue weighted by Crippen LogP contribution is -2.10. The molecule has 0 saturated carbocycles. The van der Waals surface area contributed by atoms with Crippen LogP contribution < -0.4 is 5.32 Å². The summed E-state index contributed by atoms with van der Waals surface area (Å²) in [6.07, 6.45) is 2.88. The van der Waals surface area contributed by atoms with Gasteiger partial charge in [0.2, 0.25) is 0 Å². The molecule has 5 heteroatoms. The third-order valence-electron chi connectivity index (χ3n) is 2.39. The smallest absolute Gasteiger partial charge is 0.148 e. The van der Waals surface area contributed by atoms with Crippen LogP contribution in [0.25, 0.3) is 0 Å². The van der Waals surface area contributed by atoms with E-state index in [1.807, 2.05) is 6.92 Å². The molecule has 17 heavy (non-hydrogen) atoms. The summed E-state index contributed by atoms with van der Waals surface area (Å²) in [5, 5.41) is 3.46. The first-order chi connectivity index (χ1) is 8.18. The number of rotatable bonds is 3. The fourth-order valence-corrected chi connectivity index (χ4v) is 1.69. The van der Waals surface area contributed by atoms with Crippen molar-refractivity contribution in [2.24, 2.45) is 0 Å². The molecule has 2 rings (SSSR count). The highest BCUT2D eigenvalue weighted by Gasteiger charge is 2.11. The SMILES string of the molecule is CC(Nc1ncncc1Cl)c1ccccc1F. The van der Waals surface area contributed by atoms with E-state index >= 15 is 0 Å². The molecule has 3 nitrogen and oxygen atoms in total. The molecule has 0 spiro atoms. The van der Waals surface area contributed by atoms with E-state index in [-0.39, 0.29) is 11.9 Å². The van der Waals surface area contributed by atoms with Crippen molar-refractivity contribution in [2.45, 2.75) is 13.0 Å². The minimum absolute atomic E-state index is 0.219. The summed E-state index contributed by atoms with van der Waals surface area (Å²) in [5.41, 5.74) is 0.571. The largest absolute Gasteiger partial charge is 0.362 e. The first-order valence-corrected chi connectivity index (χ1v) is 5.52. The van der Waals surface area contributed by atoms with E-state index in [0.29, 0.717) is 16.4 Å². The summed E-state index contributed by atoms with van der Waals surface area (Å²) in [4.78, 5) is 7.78. The molecule has 1 N–H and O–H groups in total. The highest BCUT2D eigenvalue weighted by molar-refractivity contribution is 6.32. The zero-order valence-corrected chi connectivity index (χ0v) is 9.95. The Morgan fingerprint density at radius 1 is 1.35 bits per heavy atom. The predicted molar refractivity (Wildman–Crippen MR) is 65.5 cm³/mol. The Morgan fingerprint density at radius 2 is 2.12 bits per heavy atom. The minimum atomic E-state index is -0.252. The Bertz CT molecular complexity index is 519. The average Bonchev–Trinajstić information content (AvgIpc) is 2.32. The molecule has 2 aromatic rings. The third-order valence-corrected chi connectivity index (χ3v) is 2.67. The molecule has 0 aliphatic heterocycles. The zero-order valence-electron chi connectivity index (χ0n) is 9.19. The summed E-state index contributed by atoms with van der Waals surface area (Å²) in [6.45, 7) is 1.84. The molecule has 0 amide bonds. The highest BCUT2D eigenvalue weighted by Crippen LogP contribution is 2.24. The van der Waals surface area contributed by atoms with Crippen LogP contribution in [0.5, 0.6) is 0 Å². The lowest BCUT2D eigenvalue weighted by molar-refractivity contribution is 0.600. The Balaban J connectivity index is 2.20. The van der Waals surface area contributed by atoms with E-state index in [1.54, 1.807) is 18.2 Å². The number of benzene rings is 1. The Morgan fingerprint density at radius 3 is 2.82 bits per heavy atom. The molecule has 0 aliphatic rings. The predicted octanol–water partition coefficient (Wildman–Crippen LogP) is 3.44. The van der Waals surface area contributed by atoms with Gasteiger partial charge in [-0.1, -0.05) is 29.8 Å². The van der Waals surface area contributed by atoms with Crippen LogP contribution in [0.15, 0.2) is 36.8 Å². The van der Waals surface area contributed by atoms with Gasteiger partial charge >= 0.3 is 0 Å². The minimum Gasteiger partial charge on any atom is -0.362 e. The molecular weight excluding hydrogens is 241 g/mol. The summed E-state index contributed by atoms with van der Waals surface area (Å²) < 4.78 is 13.5. The third kappa shape index (κ3) is 2.71. The molecule has 1 atom stereocenters. The monoisotopic (exact) mass is 251 g/mol. The van der Waals surface area contributed by atoms with Crippen molar-refractivity contribution in [2.75, 3.05) is 5.32 Å². The van der Waals surface area contributed by atoms with Gasteiger partial charge in [-0.25, -0.2) is 14.4 Å². The van der Waals surface area contributed by atoms with Crippen molar-refractivity contribution < 1.29 is 4.39 Å². The van der Waals surface area contributed by atoms with Crippen molar-refractivity contribution in [3.8, 4) is 0 Å². The molecular formula is C12H11ClFN3. The maximum atomic E-state index is 13.5. The number of aromatic nitrogens is 2. The number of hydrogen-bond acceptors (Lipinski definition) is 3. The van der Waals surface area contributed by atoms with E-state index < -0.39 is 0 Å². The van der Waals surface area contributed by atoms with Crippen LogP contribution in [0.1, 0.15) is 18.5 Å². The first-order valence-electron chi connectivity index (χ1n) is 5.15. The van der Waals surface area contributed by atoms with E-state index in [4.69, 9.17) is 11.6 Å². The number of hydrogen-bond donors (Lipinski definition) is 1. The molecule has 1 aromatic carbocycles. The zero-order chi connectivity index (χ0) is 12.3. The van der Waals surface area contributed by atoms with Crippen LogP contribution in [-0.2, 0) is 0 Å². The normalized spacial score (nSPS) is 12.2. The number of halogens is 2. The van der Waals surface area contributed by atoms with Crippen molar-refractivity contribution in [1.29, 1.82) is 0 Å². The van der Waals surface area contributed by atoms with Crippen molar-refractivity contribution in [3.63, 3.8) is 0 Å². The van der Waals surface area contributed by atoms with Crippen molar-refractivity contribution in [3.05, 3.63) is 53.2 Å². The molecule has 0 bridgehead atoms. The molecule has 0 aliphatic carbocycles. The van der Waals surface area contributed by atoms with Crippen LogP contribution in [0.3, 0.4) is 0 Å². The van der Waals surface area contributed by atoms with Gasteiger partial charge in [-0.05, 0) is 13.0 Å². The van der Waals surface area contributed by atoms with E-state index in [0.717, 1.165) is 0 Å². The van der Waals surface area contributed by atoms with Gasteiger partial charge in [-0.2, -0.15) is 0 Å². The van der Waals surface area contributed by atoms with Gasteiger partial charge in [-0.15, -0.1) is 0 Å². The van der Waals surface area contributed by atoms with Crippen molar-refractivity contribution >= 4 is 17.4 Å². The summed E-state index contributed by atoms with van der Waals surface area (Å²) in [5.74, 6) is 0.245. The first kappa shape index (κ1) is 11.8. The molecule has 1 aromatic heterocycles. The van der Waals surface area contributed by atoms with Crippen LogP contribution in [0.2, 0.25) is 5.02 Å². The van der Waals surface area contributed by atoms with Crippen LogP contribution in [-0.4, -0.2) is 9.97 Å². The standard InChI is InChI=1S/C12H11ClFN3/c1-8(9-4-2-3-5-11(9)14)17-12-10(13)6-15-7-16-12/h2-8H,1H3,(H,15,16,17). The van der Waals surface area contributed by atoms with Gasteiger partial charge in [0.05, 0.1) is 12.2 Å². The van der Waals surface area contributed by atoms with Crippen LogP contribution >= 0.6 is 11.6 Å².